The topological polar surface area (TPSA) is 85.2 Å². The van der Waals surface area contributed by atoms with E-state index in [0.29, 0.717) is 31.2 Å². The number of aryl methyl sites for hydroxylation is 2. The third-order valence-electron chi connectivity index (χ3n) is 5.23. The van der Waals surface area contributed by atoms with Crippen LogP contribution in [0, 0.1) is 13.8 Å². The van der Waals surface area contributed by atoms with E-state index in [-0.39, 0.29) is 18.4 Å². The molecule has 0 atom stereocenters. The number of carbonyl (C=O) groups is 2. The Kier molecular flexibility index (Phi) is 6.90. The predicted octanol–water partition coefficient (Wildman–Crippen LogP) is 1.99. The predicted molar refractivity (Wildman–Crippen MR) is 111 cm³/mol. The largest absolute Gasteiger partial charge is 0.484 e. The van der Waals surface area contributed by atoms with Gasteiger partial charge < -0.3 is 15.4 Å². The molecule has 156 valence electrons. The summed E-state index contributed by atoms with van der Waals surface area (Å²) in [6.45, 7) is 4.64. The maximum absolute atomic E-state index is 12.1. The first kappa shape index (κ1) is 20.9. The highest BCUT2D eigenvalue weighted by molar-refractivity contribution is 5.78. The number of carbonyl (C=O) groups excluding carboxylic acids is 2. The zero-order valence-corrected chi connectivity index (χ0v) is 17.5. The van der Waals surface area contributed by atoms with Gasteiger partial charge in [-0.15, -0.1) is 0 Å². The molecule has 0 spiro atoms. The highest BCUT2D eigenvalue weighted by Crippen LogP contribution is 2.18. The number of aromatic nitrogens is 2. The van der Waals surface area contributed by atoms with Gasteiger partial charge in [0.25, 0.3) is 5.91 Å². The second-order valence-electron chi connectivity index (χ2n) is 7.65. The minimum atomic E-state index is -0.0732. The average molecular weight is 399 g/mol. The Balaban J connectivity index is 1.34. The number of hydrogen-bond acceptors (Lipinski definition) is 4. The lowest BCUT2D eigenvalue weighted by molar-refractivity contribution is -0.123. The first-order chi connectivity index (χ1) is 13.9. The minimum Gasteiger partial charge on any atom is -0.484 e. The summed E-state index contributed by atoms with van der Waals surface area (Å²) in [5.74, 6) is 0.649. The van der Waals surface area contributed by atoms with Crippen molar-refractivity contribution in [2.75, 3.05) is 13.2 Å². The van der Waals surface area contributed by atoms with Gasteiger partial charge in [0.15, 0.2) is 6.61 Å². The summed E-state index contributed by atoms with van der Waals surface area (Å²) >= 11 is 0. The first-order valence-corrected chi connectivity index (χ1v) is 10.2. The lowest BCUT2D eigenvalue weighted by atomic mass is 10.1. The highest BCUT2D eigenvalue weighted by atomic mass is 16.5. The van der Waals surface area contributed by atoms with Crippen LogP contribution in [0.3, 0.4) is 0 Å². The molecular formula is C22H30N4O3. The molecule has 0 aliphatic heterocycles. The zero-order chi connectivity index (χ0) is 20.8. The van der Waals surface area contributed by atoms with Gasteiger partial charge in [-0.05, 0) is 62.8 Å². The third kappa shape index (κ3) is 6.34. The van der Waals surface area contributed by atoms with E-state index in [0.717, 1.165) is 41.8 Å². The summed E-state index contributed by atoms with van der Waals surface area (Å²) in [6, 6.07) is 7.98. The van der Waals surface area contributed by atoms with Gasteiger partial charge in [-0.1, -0.05) is 12.1 Å². The zero-order valence-electron chi connectivity index (χ0n) is 17.5. The van der Waals surface area contributed by atoms with E-state index in [2.05, 4.69) is 15.7 Å². The van der Waals surface area contributed by atoms with Crippen molar-refractivity contribution in [3.63, 3.8) is 0 Å². The number of nitrogens with one attached hydrogen (secondary N) is 2. The van der Waals surface area contributed by atoms with Gasteiger partial charge in [0.2, 0.25) is 5.91 Å². The fourth-order valence-electron chi connectivity index (χ4n) is 3.25. The molecular weight excluding hydrogens is 368 g/mol. The Morgan fingerprint density at radius 2 is 1.86 bits per heavy atom. The first-order valence-electron chi connectivity index (χ1n) is 10.2. The number of rotatable bonds is 10. The Labute approximate surface area is 171 Å². The van der Waals surface area contributed by atoms with Crippen LogP contribution in [0.5, 0.6) is 5.75 Å². The van der Waals surface area contributed by atoms with Crippen LogP contribution >= 0.6 is 0 Å². The SMILES string of the molecule is Cc1nn(C)c(C)c1CCC(=O)NCCc1ccc(OCC(=O)NC2CC2)cc1. The summed E-state index contributed by atoms with van der Waals surface area (Å²) < 4.78 is 7.36. The fraction of sp³-hybridized carbons (Fsp3) is 0.500. The minimum absolute atomic E-state index is 0.0434. The van der Waals surface area contributed by atoms with Crippen LogP contribution in [0.25, 0.3) is 0 Å². The Bertz CT molecular complexity index is 854. The molecule has 2 amide bonds. The highest BCUT2D eigenvalue weighted by Gasteiger charge is 2.23. The molecule has 1 fully saturated rings. The van der Waals surface area contributed by atoms with Gasteiger partial charge in [0, 0.05) is 31.7 Å². The van der Waals surface area contributed by atoms with E-state index < -0.39 is 0 Å². The van der Waals surface area contributed by atoms with Crippen LogP contribution in [0.1, 0.15) is 41.8 Å². The van der Waals surface area contributed by atoms with Crippen molar-refractivity contribution in [2.45, 2.75) is 52.0 Å². The van der Waals surface area contributed by atoms with Gasteiger partial charge >= 0.3 is 0 Å². The van der Waals surface area contributed by atoms with Gasteiger partial charge in [-0.3, -0.25) is 14.3 Å². The molecule has 29 heavy (non-hydrogen) atoms. The van der Waals surface area contributed by atoms with E-state index in [4.69, 9.17) is 4.74 Å². The van der Waals surface area contributed by atoms with Crippen molar-refractivity contribution < 1.29 is 14.3 Å². The molecule has 0 bridgehead atoms. The third-order valence-corrected chi connectivity index (χ3v) is 5.23. The molecule has 3 rings (SSSR count). The molecule has 0 unspecified atom stereocenters. The Morgan fingerprint density at radius 1 is 1.14 bits per heavy atom. The van der Waals surface area contributed by atoms with Crippen molar-refractivity contribution in [2.24, 2.45) is 7.05 Å². The Morgan fingerprint density at radius 3 is 2.48 bits per heavy atom. The molecule has 1 aliphatic carbocycles. The van der Waals surface area contributed by atoms with E-state index >= 15 is 0 Å². The van der Waals surface area contributed by atoms with E-state index in [9.17, 15) is 9.59 Å². The van der Waals surface area contributed by atoms with Crippen LogP contribution in [-0.4, -0.2) is 40.8 Å². The van der Waals surface area contributed by atoms with Gasteiger partial charge in [-0.2, -0.15) is 5.10 Å². The summed E-state index contributed by atoms with van der Waals surface area (Å²) in [7, 11) is 1.92. The molecule has 1 aromatic heterocycles. The van der Waals surface area contributed by atoms with E-state index in [1.807, 2.05) is 49.8 Å². The molecule has 0 saturated heterocycles. The maximum atomic E-state index is 12.1. The van der Waals surface area contributed by atoms with Crippen molar-refractivity contribution >= 4 is 11.8 Å². The quantitative estimate of drug-likeness (QED) is 0.641. The molecule has 2 aromatic rings. The normalized spacial score (nSPS) is 13.2. The Hall–Kier alpha value is -2.83. The van der Waals surface area contributed by atoms with E-state index in [1.165, 1.54) is 0 Å². The summed E-state index contributed by atoms with van der Waals surface area (Å²) in [4.78, 5) is 23.8. The van der Waals surface area contributed by atoms with E-state index in [1.54, 1.807) is 0 Å². The van der Waals surface area contributed by atoms with Crippen LogP contribution in [0.4, 0.5) is 0 Å². The van der Waals surface area contributed by atoms with Crippen molar-refractivity contribution in [3.05, 3.63) is 46.8 Å². The van der Waals surface area contributed by atoms with Crippen LogP contribution in [0.2, 0.25) is 0 Å². The molecule has 1 aliphatic rings. The van der Waals surface area contributed by atoms with Crippen molar-refractivity contribution in [1.29, 1.82) is 0 Å². The lowest BCUT2D eigenvalue weighted by Crippen LogP contribution is -2.30. The molecule has 2 N–H and O–H groups in total. The second-order valence-corrected chi connectivity index (χ2v) is 7.65. The molecule has 1 heterocycles. The lowest BCUT2D eigenvalue weighted by Gasteiger charge is -2.08. The van der Waals surface area contributed by atoms with Gasteiger partial charge in [0.1, 0.15) is 5.75 Å². The summed E-state index contributed by atoms with van der Waals surface area (Å²) in [5.41, 5.74) is 4.37. The molecule has 7 heteroatoms. The summed E-state index contributed by atoms with van der Waals surface area (Å²) in [6.07, 6.45) is 4.05. The second kappa shape index (κ2) is 9.58. The van der Waals surface area contributed by atoms with Gasteiger partial charge in [-0.25, -0.2) is 0 Å². The number of nitrogens with zero attached hydrogens (tertiary/aromatic N) is 2. The van der Waals surface area contributed by atoms with Crippen LogP contribution in [-0.2, 0) is 29.5 Å². The van der Waals surface area contributed by atoms with Crippen LogP contribution in [0.15, 0.2) is 24.3 Å². The number of hydrogen-bond donors (Lipinski definition) is 2. The molecule has 7 nitrogen and oxygen atoms in total. The number of amides is 2. The smallest absolute Gasteiger partial charge is 0.258 e. The standard InChI is InChI=1S/C22H30N4O3/c1-15-20(16(2)26(3)25-15)10-11-21(27)23-13-12-17-4-8-19(9-5-17)29-14-22(28)24-18-6-7-18/h4-5,8-9,18H,6-7,10-14H2,1-3H3,(H,23,27)(H,24,28). The fourth-order valence-corrected chi connectivity index (χ4v) is 3.25. The number of benzene rings is 1. The molecule has 1 aromatic carbocycles. The number of ether oxygens (including phenoxy) is 1. The summed E-state index contributed by atoms with van der Waals surface area (Å²) in [5, 5.41) is 10.3. The van der Waals surface area contributed by atoms with Crippen molar-refractivity contribution in [3.8, 4) is 5.75 Å². The van der Waals surface area contributed by atoms with Crippen LogP contribution < -0.4 is 15.4 Å². The van der Waals surface area contributed by atoms with Gasteiger partial charge in [0.05, 0.1) is 5.69 Å². The molecule has 0 radical (unpaired) electrons. The monoisotopic (exact) mass is 398 g/mol. The maximum Gasteiger partial charge on any atom is 0.258 e. The molecule has 1 saturated carbocycles. The van der Waals surface area contributed by atoms with Crippen molar-refractivity contribution in [1.82, 2.24) is 20.4 Å². The average Bonchev–Trinajstić information content (AvgIpc) is 3.47.